The Balaban J connectivity index is 1.69. The van der Waals surface area contributed by atoms with E-state index in [0.717, 1.165) is 12.8 Å². The number of rotatable bonds is 4. The Hall–Kier alpha value is 0.100. The SMILES string of the molecule is CC(C)C12CCC(C)(O1)C(OCc1ccsc1Br)C2. The Morgan fingerprint density at radius 2 is 2.32 bits per heavy atom. The van der Waals surface area contributed by atoms with Crippen molar-refractivity contribution in [2.75, 3.05) is 0 Å². The lowest BCUT2D eigenvalue weighted by molar-refractivity contribution is -0.0960. The van der Waals surface area contributed by atoms with Crippen LogP contribution in [0.5, 0.6) is 0 Å². The van der Waals surface area contributed by atoms with Gasteiger partial charge in [-0.05, 0) is 53.1 Å². The second-order valence-electron chi connectivity index (χ2n) is 6.36. The molecule has 2 saturated heterocycles. The zero-order valence-electron chi connectivity index (χ0n) is 11.7. The third-order valence-corrected chi connectivity index (χ3v) is 6.69. The van der Waals surface area contributed by atoms with E-state index in [9.17, 15) is 0 Å². The molecule has 4 heteroatoms. The van der Waals surface area contributed by atoms with Crippen LogP contribution < -0.4 is 0 Å². The molecule has 3 rings (SSSR count). The van der Waals surface area contributed by atoms with Crippen molar-refractivity contribution in [3.8, 4) is 0 Å². The lowest BCUT2D eigenvalue weighted by atomic mass is 9.75. The van der Waals surface area contributed by atoms with Crippen molar-refractivity contribution in [1.29, 1.82) is 0 Å². The average molecular weight is 345 g/mol. The fraction of sp³-hybridized carbons (Fsp3) is 0.733. The van der Waals surface area contributed by atoms with E-state index < -0.39 is 0 Å². The van der Waals surface area contributed by atoms with E-state index in [2.05, 4.69) is 48.1 Å². The molecule has 3 unspecified atom stereocenters. The van der Waals surface area contributed by atoms with E-state index in [1.807, 2.05) is 0 Å². The van der Waals surface area contributed by atoms with E-state index in [4.69, 9.17) is 9.47 Å². The lowest BCUT2D eigenvalue weighted by Gasteiger charge is -2.31. The van der Waals surface area contributed by atoms with Gasteiger partial charge in [0.1, 0.15) is 0 Å². The molecule has 19 heavy (non-hydrogen) atoms. The van der Waals surface area contributed by atoms with Crippen LogP contribution in [0.15, 0.2) is 15.2 Å². The maximum absolute atomic E-state index is 6.39. The van der Waals surface area contributed by atoms with Crippen LogP contribution in [0.1, 0.15) is 45.6 Å². The molecule has 0 N–H and O–H groups in total. The molecule has 1 aromatic rings. The van der Waals surface area contributed by atoms with E-state index >= 15 is 0 Å². The molecule has 2 aliphatic rings. The van der Waals surface area contributed by atoms with Gasteiger partial charge in [-0.15, -0.1) is 11.3 Å². The van der Waals surface area contributed by atoms with Crippen LogP contribution in [0.25, 0.3) is 0 Å². The Kier molecular flexibility index (Phi) is 3.57. The van der Waals surface area contributed by atoms with Crippen molar-refractivity contribution in [2.24, 2.45) is 5.92 Å². The van der Waals surface area contributed by atoms with Crippen molar-refractivity contribution >= 4 is 27.3 Å². The minimum atomic E-state index is -0.0766. The molecular weight excluding hydrogens is 324 g/mol. The van der Waals surface area contributed by atoms with Crippen LogP contribution >= 0.6 is 27.3 Å². The van der Waals surface area contributed by atoms with Crippen molar-refractivity contribution in [2.45, 2.75) is 63.9 Å². The van der Waals surface area contributed by atoms with Gasteiger partial charge in [0, 0.05) is 12.0 Å². The molecule has 0 aliphatic carbocycles. The summed E-state index contributed by atoms with van der Waals surface area (Å²) in [5, 5.41) is 2.09. The van der Waals surface area contributed by atoms with Crippen LogP contribution in [-0.4, -0.2) is 17.3 Å². The van der Waals surface area contributed by atoms with Crippen molar-refractivity contribution in [1.82, 2.24) is 0 Å². The second kappa shape index (κ2) is 4.83. The third-order valence-electron chi connectivity index (χ3n) is 4.88. The second-order valence-corrected chi connectivity index (χ2v) is 8.59. The molecule has 3 atom stereocenters. The monoisotopic (exact) mass is 344 g/mol. The van der Waals surface area contributed by atoms with Gasteiger partial charge < -0.3 is 9.47 Å². The zero-order chi connectivity index (χ0) is 13.7. The summed E-state index contributed by atoms with van der Waals surface area (Å²) >= 11 is 5.28. The number of thiophene rings is 1. The average Bonchev–Trinajstić information content (AvgIpc) is 2.98. The maximum atomic E-state index is 6.39. The van der Waals surface area contributed by atoms with Crippen molar-refractivity contribution in [3.05, 3.63) is 20.8 Å². The van der Waals surface area contributed by atoms with Crippen LogP contribution in [0, 0.1) is 5.92 Å². The highest BCUT2D eigenvalue weighted by Crippen LogP contribution is 2.55. The molecule has 2 bridgehead atoms. The topological polar surface area (TPSA) is 18.5 Å². The lowest BCUT2D eigenvalue weighted by Crippen LogP contribution is -2.38. The summed E-state index contributed by atoms with van der Waals surface area (Å²) in [5.41, 5.74) is 1.23. The molecule has 0 radical (unpaired) electrons. The summed E-state index contributed by atoms with van der Waals surface area (Å²) in [6.45, 7) is 7.44. The predicted octanol–water partition coefficient (Wildman–Crippen LogP) is 4.76. The Morgan fingerprint density at radius 3 is 2.89 bits per heavy atom. The summed E-state index contributed by atoms with van der Waals surface area (Å²) in [4.78, 5) is 0. The minimum absolute atomic E-state index is 0.0608. The first-order valence-electron chi connectivity index (χ1n) is 6.99. The van der Waals surface area contributed by atoms with E-state index in [1.165, 1.54) is 15.8 Å². The molecule has 0 aromatic carbocycles. The van der Waals surface area contributed by atoms with Gasteiger partial charge in [0.05, 0.1) is 27.7 Å². The normalized spacial score (nSPS) is 37.4. The largest absolute Gasteiger partial charge is 0.370 e. The molecule has 0 spiro atoms. The molecule has 3 heterocycles. The Morgan fingerprint density at radius 1 is 1.53 bits per heavy atom. The first-order valence-corrected chi connectivity index (χ1v) is 8.66. The van der Waals surface area contributed by atoms with Crippen molar-refractivity contribution in [3.63, 3.8) is 0 Å². The molecule has 0 amide bonds. The van der Waals surface area contributed by atoms with E-state index in [1.54, 1.807) is 11.3 Å². The fourth-order valence-electron chi connectivity index (χ4n) is 3.42. The Bertz CT molecular complexity index is 472. The van der Waals surface area contributed by atoms with Crippen molar-refractivity contribution < 1.29 is 9.47 Å². The molecule has 2 nitrogen and oxygen atoms in total. The molecular formula is C15H21BrO2S. The van der Waals surface area contributed by atoms with Gasteiger partial charge >= 0.3 is 0 Å². The molecule has 2 aliphatic heterocycles. The highest BCUT2D eigenvalue weighted by molar-refractivity contribution is 9.11. The van der Waals surface area contributed by atoms with Gasteiger partial charge in [0.2, 0.25) is 0 Å². The summed E-state index contributed by atoms with van der Waals surface area (Å²) in [6, 6.07) is 2.13. The van der Waals surface area contributed by atoms with Gasteiger partial charge in [-0.3, -0.25) is 0 Å². The molecule has 2 fully saturated rings. The number of fused-ring (bicyclic) bond motifs is 2. The standard InChI is InChI=1S/C15H21BrO2S/c1-10(2)15-6-5-14(3,18-15)12(8-15)17-9-11-4-7-19-13(11)16/h4,7,10,12H,5-6,8-9H2,1-3H3. The predicted molar refractivity (Wildman–Crippen MR) is 81.5 cm³/mol. The van der Waals surface area contributed by atoms with Gasteiger partial charge in [0.15, 0.2) is 0 Å². The Labute approximate surface area is 127 Å². The van der Waals surface area contributed by atoms with Crippen LogP contribution in [-0.2, 0) is 16.1 Å². The number of hydrogen-bond acceptors (Lipinski definition) is 3. The highest BCUT2D eigenvalue weighted by Gasteiger charge is 2.60. The minimum Gasteiger partial charge on any atom is -0.370 e. The van der Waals surface area contributed by atoms with Gasteiger partial charge in [-0.1, -0.05) is 13.8 Å². The number of ether oxygens (including phenoxy) is 2. The molecule has 0 saturated carbocycles. The quantitative estimate of drug-likeness (QED) is 0.783. The van der Waals surface area contributed by atoms with Crippen LogP contribution in [0.4, 0.5) is 0 Å². The zero-order valence-corrected chi connectivity index (χ0v) is 14.1. The summed E-state index contributed by atoms with van der Waals surface area (Å²) in [7, 11) is 0. The fourth-order valence-corrected chi connectivity index (χ4v) is 4.62. The van der Waals surface area contributed by atoms with Crippen LogP contribution in [0.2, 0.25) is 0 Å². The third kappa shape index (κ3) is 2.31. The smallest absolute Gasteiger partial charge is 0.0924 e. The van der Waals surface area contributed by atoms with Gasteiger partial charge in [-0.2, -0.15) is 0 Å². The highest BCUT2D eigenvalue weighted by atomic mass is 79.9. The summed E-state index contributed by atoms with van der Waals surface area (Å²) < 4.78 is 13.8. The van der Waals surface area contributed by atoms with Gasteiger partial charge in [-0.25, -0.2) is 0 Å². The molecule has 1 aromatic heterocycles. The summed E-state index contributed by atoms with van der Waals surface area (Å²) in [5.74, 6) is 0.566. The van der Waals surface area contributed by atoms with E-state index in [0.29, 0.717) is 12.5 Å². The maximum Gasteiger partial charge on any atom is 0.0924 e. The van der Waals surface area contributed by atoms with Crippen LogP contribution in [0.3, 0.4) is 0 Å². The number of hydrogen-bond donors (Lipinski definition) is 0. The van der Waals surface area contributed by atoms with Gasteiger partial charge in [0.25, 0.3) is 0 Å². The number of halogens is 1. The molecule has 106 valence electrons. The first-order chi connectivity index (χ1) is 8.95. The van der Waals surface area contributed by atoms with E-state index in [-0.39, 0.29) is 17.3 Å². The summed E-state index contributed by atoms with van der Waals surface area (Å²) in [6.07, 6.45) is 3.59. The first kappa shape index (κ1) is 14.1.